The third kappa shape index (κ3) is 29.7. The molecule has 0 spiro atoms. The lowest BCUT2D eigenvalue weighted by atomic mass is 10.1. The van der Waals surface area contributed by atoms with Gasteiger partial charge in [-0.25, -0.2) is 0 Å². The van der Waals surface area contributed by atoms with Crippen molar-refractivity contribution in [3.8, 4) is 0 Å². The zero-order valence-electron chi connectivity index (χ0n) is 20.3. The molecule has 0 heterocycles. The summed E-state index contributed by atoms with van der Waals surface area (Å²) in [5.41, 5.74) is 0. The maximum Gasteiger partial charge on any atom is 0.0701 e. The summed E-state index contributed by atoms with van der Waals surface area (Å²) in [6, 6.07) is 0. The van der Waals surface area contributed by atoms with E-state index in [1.54, 1.807) is 0 Å². The van der Waals surface area contributed by atoms with Crippen LogP contribution in [0.2, 0.25) is 0 Å². The van der Waals surface area contributed by atoms with E-state index in [1.807, 2.05) is 0 Å². The molecule has 0 aliphatic heterocycles. The van der Waals surface area contributed by atoms with Gasteiger partial charge in [-0.05, 0) is 12.8 Å². The zero-order valence-corrected chi connectivity index (χ0v) is 20.3. The van der Waals surface area contributed by atoms with Gasteiger partial charge < -0.3 is 38.6 Å². The fraction of sp³-hybridized carbons (Fsp3) is 1.00. The molecule has 0 unspecified atom stereocenters. The van der Waals surface area contributed by atoms with E-state index in [1.165, 1.54) is 51.4 Å². The van der Waals surface area contributed by atoms with Gasteiger partial charge >= 0.3 is 0 Å². The fourth-order valence-corrected chi connectivity index (χ4v) is 3.04. The Morgan fingerprint density at radius 2 is 0.469 bits per heavy atom. The summed E-state index contributed by atoms with van der Waals surface area (Å²) in [6.45, 7) is 7.13. The highest BCUT2D eigenvalue weighted by molar-refractivity contribution is 4.48. The van der Waals surface area contributed by atoms with Crippen LogP contribution in [0.25, 0.3) is 0 Å². The minimum Gasteiger partial charge on any atom is -0.394 e. The number of aliphatic hydroxyl groups excluding tert-OH is 2. The van der Waals surface area contributed by atoms with E-state index < -0.39 is 0 Å². The molecular weight excluding hydrogens is 416 g/mol. The van der Waals surface area contributed by atoms with Crippen LogP contribution in [0.3, 0.4) is 0 Å². The first-order valence-corrected chi connectivity index (χ1v) is 12.6. The standard InChI is InChI=1S/C24H50O8/c25-11-15-29-19-23-31-21-17-27-13-9-7-5-3-1-2-4-6-8-10-14-28-18-22-32-24-20-30-16-12-26/h25-26H,1-24H2. The molecule has 194 valence electrons. The van der Waals surface area contributed by atoms with Crippen LogP contribution in [-0.4, -0.2) is 103 Å². The Labute approximate surface area is 195 Å². The number of rotatable bonds is 29. The van der Waals surface area contributed by atoms with Crippen LogP contribution < -0.4 is 0 Å². The molecule has 0 saturated carbocycles. The molecule has 0 rings (SSSR count). The molecule has 0 fully saturated rings. The molecule has 0 radical (unpaired) electrons. The highest BCUT2D eigenvalue weighted by atomic mass is 16.6. The van der Waals surface area contributed by atoms with E-state index in [4.69, 9.17) is 38.6 Å². The molecular formula is C24H50O8. The molecule has 0 bridgehead atoms. The van der Waals surface area contributed by atoms with E-state index in [-0.39, 0.29) is 13.2 Å². The minimum atomic E-state index is 0.0580. The predicted molar refractivity (Wildman–Crippen MR) is 125 cm³/mol. The first kappa shape index (κ1) is 31.7. The third-order valence-electron chi connectivity index (χ3n) is 4.79. The molecule has 0 aliphatic rings. The van der Waals surface area contributed by atoms with Crippen molar-refractivity contribution < 1.29 is 38.6 Å². The lowest BCUT2D eigenvalue weighted by Gasteiger charge is -2.07. The van der Waals surface area contributed by atoms with Gasteiger partial charge in [0.15, 0.2) is 0 Å². The number of unbranched alkanes of at least 4 members (excludes halogenated alkanes) is 9. The molecule has 2 N–H and O–H groups in total. The van der Waals surface area contributed by atoms with Crippen LogP contribution in [-0.2, 0) is 28.4 Å². The monoisotopic (exact) mass is 466 g/mol. The maximum atomic E-state index is 8.56. The van der Waals surface area contributed by atoms with Gasteiger partial charge in [-0.3, -0.25) is 0 Å². The number of ether oxygens (including phenoxy) is 6. The predicted octanol–water partition coefficient (Wildman–Crippen LogP) is 2.97. The van der Waals surface area contributed by atoms with Crippen LogP contribution in [0, 0.1) is 0 Å². The van der Waals surface area contributed by atoms with Gasteiger partial charge in [-0.2, -0.15) is 0 Å². The number of aliphatic hydroxyl groups is 2. The smallest absolute Gasteiger partial charge is 0.0701 e. The van der Waals surface area contributed by atoms with Crippen molar-refractivity contribution in [3.05, 3.63) is 0 Å². The first-order valence-electron chi connectivity index (χ1n) is 12.6. The molecule has 0 aromatic carbocycles. The summed E-state index contributed by atoms with van der Waals surface area (Å²) in [6.07, 6.45) is 12.7. The summed E-state index contributed by atoms with van der Waals surface area (Å²) in [7, 11) is 0. The zero-order chi connectivity index (χ0) is 23.2. The van der Waals surface area contributed by atoms with Crippen LogP contribution in [0.5, 0.6) is 0 Å². The Kier molecular flexibility index (Phi) is 30.4. The Hall–Kier alpha value is -0.320. The summed E-state index contributed by atoms with van der Waals surface area (Å²) < 4.78 is 32.1. The van der Waals surface area contributed by atoms with Crippen molar-refractivity contribution in [2.24, 2.45) is 0 Å². The summed E-state index contributed by atoms with van der Waals surface area (Å²) in [5.74, 6) is 0. The van der Waals surface area contributed by atoms with Gasteiger partial charge in [0.05, 0.1) is 79.3 Å². The molecule has 0 aliphatic carbocycles. The number of hydrogen-bond donors (Lipinski definition) is 2. The topological polar surface area (TPSA) is 95.8 Å². The summed E-state index contributed by atoms with van der Waals surface area (Å²) >= 11 is 0. The summed E-state index contributed by atoms with van der Waals surface area (Å²) in [4.78, 5) is 0. The van der Waals surface area contributed by atoms with Crippen LogP contribution in [0.1, 0.15) is 64.2 Å². The SMILES string of the molecule is OCCOCCOCCOCCCCCCCCCCCCOCCOCCOCCO. The Morgan fingerprint density at radius 1 is 0.250 bits per heavy atom. The largest absolute Gasteiger partial charge is 0.394 e. The molecule has 0 saturated heterocycles. The minimum absolute atomic E-state index is 0.0580. The first-order chi connectivity index (χ1) is 15.9. The molecule has 0 atom stereocenters. The van der Waals surface area contributed by atoms with Crippen molar-refractivity contribution in [2.75, 3.05) is 92.5 Å². The van der Waals surface area contributed by atoms with Gasteiger partial charge in [-0.1, -0.05) is 51.4 Å². The molecule has 0 aromatic rings. The van der Waals surface area contributed by atoms with Crippen molar-refractivity contribution >= 4 is 0 Å². The van der Waals surface area contributed by atoms with E-state index in [0.717, 1.165) is 26.1 Å². The second-order valence-electron chi connectivity index (χ2n) is 7.66. The van der Waals surface area contributed by atoms with Gasteiger partial charge in [0.25, 0.3) is 0 Å². The van der Waals surface area contributed by atoms with Gasteiger partial charge in [0.2, 0.25) is 0 Å². The van der Waals surface area contributed by atoms with Gasteiger partial charge in [0, 0.05) is 13.2 Å². The summed E-state index contributed by atoms with van der Waals surface area (Å²) in [5, 5.41) is 17.1. The normalized spacial score (nSPS) is 11.4. The molecule has 8 heteroatoms. The Morgan fingerprint density at radius 3 is 0.750 bits per heavy atom. The lowest BCUT2D eigenvalue weighted by Crippen LogP contribution is -2.11. The third-order valence-corrected chi connectivity index (χ3v) is 4.79. The van der Waals surface area contributed by atoms with Crippen molar-refractivity contribution in [2.45, 2.75) is 64.2 Å². The van der Waals surface area contributed by atoms with Crippen LogP contribution >= 0.6 is 0 Å². The second kappa shape index (κ2) is 30.7. The van der Waals surface area contributed by atoms with Crippen molar-refractivity contribution in [1.29, 1.82) is 0 Å². The highest BCUT2D eigenvalue weighted by Gasteiger charge is 1.96. The molecule has 32 heavy (non-hydrogen) atoms. The Balaban J connectivity index is 2.98. The second-order valence-corrected chi connectivity index (χ2v) is 7.66. The van der Waals surface area contributed by atoms with E-state index in [9.17, 15) is 0 Å². The van der Waals surface area contributed by atoms with E-state index in [2.05, 4.69) is 0 Å². The van der Waals surface area contributed by atoms with Crippen molar-refractivity contribution in [1.82, 2.24) is 0 Å². The molecule has 0 amide bonds. The van der Waals surface area contributed by atoms with Crippen LogP contribution in [0.4, 0.5) is 0 Å². The lowest BCUT2D eigenvalue weighted by molar-refractivity contribution is 0.00717. The molecule has 8 nitrogen and oxygen atoms in total. The van der Waals surface area contributed by atoms with Gasteiger partial charge in [-0.15, -0.1) is 0 Å². The quantitative estimate of drug-likeness (QED) is 0.163. The maximum absolute atomic E-state index is 8.56. The van der Waals surface area contributed by atoms with Gasteiger partial charge in [0.1, 0.15) is 0 Å². The average molecular weight is 467 g/mol. The van der Waals surface area contributed by atoms with Crippen LogP contribution in [0.15, 0.2) is 0 Å². The highest BCUT2D eigenvalue weighted by Crippen LogP contribution is 2.10. The Bertz CT molecular complexity index is 290. The number of hydrogen-bond acceptors (Lipinski definition) is 8. The fourth-order valence-electron chi connectivity index (χ4n) is 3.04. The van der Waals surface area contributed by atoms with E-state index >= 15 is 0 Å². The average Bonchev–Trinajstić information content (AvgIpc) is 2.81. The molecule has 0 aromatic heterocycles. The van der Waals surface area contributed by atoms with Crippen molar-refractivity contribution in [3.63, 3.8) is 0 Å². The van der Waals surface area contributed by atoms with E-state index in [0.29, 0.717) is 66.1 Å².